The fourth-order valence-electron chi connectivity index (χ4n) is 2.12. The minimum Gasteiger partial charge on any atom is -0.458 e. The Bertz CT molecular complexity index is 453. The number of aryl methyl sites for hydroxylation is 1. The summed E-state index contributed by atoms with van der Waals surface area (Å²) in [4.78, 5) is 18.7. The smallest absolute Gasteiger partial charge is 0.329 e. The third-order valence-corrected chi connectivity index (χ3v) is 3.74. The lowest BCUT2D eigenvalue weighted by Gasteiger charge is -2.26. The van der Waals surface area contributed by atoms with Crippen LogP contribution in [0.3, 0.4) is 0 Å². The summed E-state index contributed by atoms with van der Waals surface area (Å²) in [5.41, 5.74) is -0.443. The van der Waals surface area contributed by atoms with E-state index in [1.807, 2.05) is 32.6 Å². The first-order valence-electron chi connectivity index (χ1n) is 6.73. The van der Waals surface area contributed by atoms with Gasteiger partial charge in [0.2, 0.25) is 5.13 Å². The monoisotopic (exact) mass is 283 g/mol. The Balaban J connectivity index is 2.10. The number of esters is 1. The number of anilines is 1. The lowest BCUT2D eigenvalue weighted by atomic mass is 10.1. The molecule has 2 heterocycles. The van der Waals surface area contributed by atoms with Gasteiger partial charge in [0.05, 0.1) is 0 Å². The van der Waals surface area contributed by atoms with Gasteiger partial charge < -0.3 is 9.64 Å². The maximum absolute atomic E-state index is 12.2. The van der Waals surface area contributed by atoms with Crippen LogP contribution in [0.25, 0.3) is 0 Å². The van der Waals surface area contributed by atoms with Crippen molar-refractivity contribution in [2.45, 2.75) is 58.6 Å². The molecule has 1 atom stereocenters. The minimum atomic E-state index is -0.443. The van der Waals surface area contributed by atoms with Crippen molar-refractivity contribution in [1.29, 1.82) is 0 Å². The van der Waals surface area contributed by atoms with Crippen molar-refractivity contribution < 1.29 is 9.53 Å². The molecule has 1 aliphatic heterocycles. The summed E-state index contributed by atoms with van der Waals surface area (Å²) in [6, 6.07) is -0.211. The molecule has 5 nitrogen and oxygen atoms in total. The third kappa shape index (κ3) is 3.43. The van der Waals surface area contributed by atoms with E-state index in [1.165, 1.54) is 11.5 Å². The Labute approximate surface area is 118 Å². The summed E-state index contributed by atoms with van der Waals surface area (Å²) in [6.07, 6.45) is 2.64. The molecule has 1 fully saturated rings. The van der Waals surface area contributed by atoms with Crippen molar-refractivity contribution in [3.05, 3.63) is 5.82 Å². The van der Waals surface area contributed by atoms with Crippen LogP contribution in [0.5, 0.6) is 0 Å². The van der Waals surface area contributed by atoms with Gasteiger partial charge in [-0.05, 0) is 33.6 Å². The fourth-order valence-corrected chi connectivity index (χ4v) is 2.94. The first-order chi connectivity index (χ1) is 8.90. The number of rotatable bonds is 3. The Morgan fingerprint density at radius 1 is 1.53 bits per heavy atom. The van der Waals surface area contributed by atoms with Crippen LogP contribution >= 0.6 is 11.5 Å². The molecule has 1 saturated heterocycles. The molecule has 0 bridgehead atoms. The van der Waals surface area contributed by atoms with Crippen LogP contribution in [-0.2, 0) is 16.0 Å². The SMILES string of the molecule is CCc1nsc(N2CCC[C@H]2C(=O)OC(C)(C)C)n1. The number of nitrogens with zero attached hydrogens (tertiary/aromatic N) is 3. The van der Waals surface area contributed by atoms with Gasteiger partial charge in [0.15, 0.2) is 0 Å². The normalized spacial score (nSPS) is 19.8. The van der Waals surface area contributed by atoms with E-state index < -0.39 is 5.60 Å². The number of aromatic nitrogens is 2. The van der Waals surface area contributed by atoms with Crippen LogP contribution in [0.4, 0.5) is 5.13 Å². The van der Waals surface area contributed by atoms with E-state index in [4.69, 9.17) is 4.74 Å². The summed E-state index contributed by atoms with van der Waals surface area (Å²) >= 11 is 1.37. The van der Waals surface area contributed by atoms with Gasteiger partial charge in [-0.1, -0.05) is 6.92 Å². The average molecular weight is 283 g/mol. The molecule has 0 unspecified atom stereocenters. The molecule has 0 radical (unpaired) electrons. The van der Waals surface area contributed by atoms with Crippen molar-refractivity contribution in [3.8, 4) is 0 Å². The maximum Gasteiger partial charge on any atom is 0.329 e. The molecular weight excluding hydrogens is 262 g/mol. The lowest BCUT2D eigenvalue weighted by Crippen LogP contribution is -2.40. The van der Waals surface area contributed by atoms with E-state index in [1.54, 1.807) is 0 Å². The second-order valence-corrected chi connectivity index (χ2v) is 6.46. The van der Waals surface area contributed by atoms with Crippen LogP contribution in [0.2, 0.25) is 0 Å². The predicted molar refractivity (Wildman–Crippen MR) is 75.5 cm³/mol. The highest BCUT2D eigenvalue weighted by Crippen LogP contribution is 2.28. The van der Waals surface area contributed by atoms with E-state index in [2.05, 4.69) is 9.36 Å². The summed E-state index contributed by atoms with van der Waals surface area (Å²) < 4.78 is 9.77. The van der Waals surface area contributed by atoms with Gasteiger partial charge in [0.25, 0.3) is 0 Å². The maximum atomic E-state index is 12.2. The van der Waals surface area contributed by atoms with E-state index in [-0.39, 0.29) is 12.0 Å². The highest BCUT2D eigenvalue weighted by atomic mass is 32.1. The van der Waals surface area contributed by atoms with E-state index in [0.717, 1.165) is 36.8 Å². The van der Waals surface area contributed by atoms with Crippen molar-refractivity contribution >= 4 is 22.6 Å². The van der Waals surface area contributed by atoms with Crippen molar-refractivity contribution in [3.63, 3.8) is 0 Å². The average Bonchev–Trinajstić information content (AvgIpc) is 2.95. The van der Waals surface area contributed by atoms with Gasteiger partial charge in [-0.25, -0.2) is 9.78 Å². The van der Waals surface area contributed by atoms with Crippen LogP contribution < -0.4 is 4.90 Å². The Morgan fingerprint density at radius 3 is 2.84 bits per heavy atom. The van der Waals surface area contributed by atoms with Crippen LogP contribution in [0, 0.1) is 0 Å². The molecule has 0 aromatic carbocycles. The van der Waals surface area contributed by atoms with Gasteiger partial charge >= 0.3 is 5.97 Å². The number of carbonyl (C=O) groups excluding carboxylic acids is 1. The van der Waals surface area contributed by atoms with Gasteiger partial charge in [-0.2, -0.15) is 4.37 Å². The second kappa shape index (κ2) is 5.45. The quantitative estimate of drug-likeness (QED) is 0.797. The molecule has 0 amide bonds. The molecule has 0 aliphatic carbocycles. The van der Waals surface area contributed by atoms with Crippen LogP contribution in [0.1, 0.15) is 46.4 Å². The number of ether oxygens (including phenoxy) is 1. The zero-order valence-electron chi connectivity index (χ0n) is 12.0. The molecule has 1 aromatic rings. The molecule has 1 aliphatic rings. The highest BCUT2D eigenvalue weighted by molar-refractivity contribution is 7.09. The van der Waals surface area contributed by atoms with Gasteiger partial charge in [0.1, 0.15) is 17.5 Å². The molecule has 1 aromatic heterocycles. The molecule has 0 N–H and O–H groups in total. The van der Waals surface area contributed by atoms with Gasteiger partial charge in [0, 0.05) is 24.5 Å². The van der Waals surface area contributed by atoms with E-state index in [0.29, 0.717) is 0 Å². The Kier molecular flexibility index (Phi) is 4.08. The number of hydrogen-bond donors (Lipinski definition) is 0. The Morgan fingerprint density at radius 2 is 2.26 bits per heavy atom. The predicted octanol–water partition coefficient (Wildman–Crippen LogP) is 2.41. The number of hydrogen-bond acceptors (Lipinski definition) is 6. The summed E-state index contributed by atoms with van der Waals surface area (Å²) in [6.45, 7) is 8.56. The first-order valence-corrected chi connectivity index (χ1v) is 7.50. The summed E-state index contributed by atoms with van der Waals surface area (Å²) in [5, 5.41) is 0.838. The topological polar surface area (TPSA) is 55.3 Å². The molecule has 0 saturated carbocycles. The van der Waals surface area contributed by atoms with E-state index >= 15 is 0 Å². The summed E-state index contributed by atoms with van der Waals surface area (Å²) in [5.74, 6) is 0.688. The molecular formula is C13H21N3O2S. The fraction of sp³-hybridized carbons (Fsp3) is 0.769. The molecule has 106 valence electrons. The minimum absolute atomic E-state index is 0.154. The van der Waals surface area contributed by atoms with Gasteiger partial charge in [-0.3, -0.25) is 0 Å². The molecule has 6 heteroatoms. The largest absolute Gasteiger partial charge is 0.458 e. The zero-order chi connectivity index (χ0) is 14.0. The first kappa shape index (κ1) is 14.2. The van der Waals surface area contributed by atoms with Crippen LogP contribution in [0.15, 0.2) is 0 Å². The van der Waals surface area contributed by atoms with Crippen molar-refractivity contribution in [2.24, 2.45) is 0 Å². The van der Waals surface area contributed by atoms with Gasteiger partial charge in [-0.15, -0.1) is 0 Å². The zero-order valence-corrected chi connectivity index (χ0v) is 12.8. The Hall–Kier alpha value is -1.17. The van der Waals surface area contributed by atoms with Crippen LogP contribution in [-0.4, -0.2) is 33.5 Å². The third-order valence-electron chi connectivity index (χ3n) is 2.95. The second-order valence-electron chi connectivity index (χ2n) is 5.73. The van der Waals surface area contributed by atoms with Crippen molar-refractivity contribution in [2.75, 3.05) is 11.4 Å². The number of carbonyl (C=O) groups is 1. The standard InChI is InChI=1S/C13H21N3O2S/c1-5-10-14-12(19-15-10)16-8-6-7-9(16)11(17)18-13(2,3)4/h9H,5-8H2,1-4H3/t9-/m0/s1. The molecule has 19 heavy (non-hydrogen) atoms. The summed E-state index contributed by atoms with van der Waals surface area (Å²) in [7, 11) is 0. The van der Waals surface area contributed by atoms with E-state index in [9.17, 15) is 4.79 Å². The van der Waals surface area contributed by atoms with Crippen molar-refractivity contribution in [1.82, 2.24) is 9.36 Å². The lowest BCUT2D eigenvalue weighted by molar-refractivity contribution is -0.156. The molecule has 0 spiro atoms. The molecule has 2 rings (SSSR count). The highest BCUT2D eigenvalue weighted by Gasteiger charge is 2.35.